The van der Waals surface area contributed by atoms with E-state index in [2.05, 4.69) is 37.2 Å². The van der Waals surface area contributed by atoms with Crippen molar-refractivity contribution >= 4 is 55.3 Å². The molecule has 0 spiro atoms. The summed E-state index contributed by atoms with van der Waals surface area (Å²) in [5, 5.41) is 2.81. The zero-order valence-electron chi connectivity index (χ0n) is 17.3. The molecule has 2 bridgehead atoms. The first-order valence-electron chi connectivity index (χ1n) is 10.7. The predicted octanol–water partition coefficient (Wildman–Crippen LogP) is 4.58. The summed E-state index contributed by atoms with van der Waals surface area (Å²) < 4.78 is 5.76. The van der Waals surface area contributed by atoms with E-state index in [9.17, 15) is 14.4 Å². The quantitative estimate of drug-likeness (QED) is 0.428. The molecule has 2 aliphatic carbocycles. The van der Waals surface area contributed by atoms with Crippen LogP contribution in [0.3, 0.4) is 0 Å². The van der Waals surface area contributed by atoms with Crippen LogP contribution in [-0.2, 0) is 14.4 Å². The minimum atomic E-state index is -0.872. The fourth-order valence-electron chi connectivity index (χ4n) is 5.35. The summed E-state index contributed by atoms with van der Waals surface area (Å²) in [6.45, 7) is 1.61. The molecule has 8 heteroatoms. The lowest BCUT2D eigenvalue weighted by molar-refractivity contribution is -0.146. The molecule has 2 aromatic carbocycles. The third-order valence-corrected chi connectivity index (χ3v) is 10.1. The van der Waals surface area contributed by atoms with Gasteiger partial charge in [0.25, 0.3) is 0 Å². The lowest BCUT2D eigenvalue weighted by Gasteiger charge is -2.28. The Morgan fingerprint density at radius 3 is 2.03 bits per heavy atom. The van der Waals surface area contributed by atoms with Crippen LogP contribution in [0.2, 0.25) is 0 Å². The minimum absolute atomic E-state index is 0.128. The highest BCUT2D eigenvalue weighted by Crippen LogP contribution is 2.60. The number of hydrogen-bond acceptors (Lipinski definition) is 4. The molecule has 1 heterocycles. The normalized spacial score (nSPS) is 31.5. The number of imide groups is 1. The van der Waals surface area contributed by atoms with Gasteiger partial charge in [-0.3, -0.25) is 19.3 Å². The predicted molar refractivity (Wildman–Crippen MR) is 127 cm³/mol. The number of nitrogens with zero attached hydrogens (tertiary/aromatic N) is 1. The number of halogens is 2. The molecule has 3 fully saturated rings. The number of amides is 3. The van der Waals surface area contributed by atoms with Gasteiger partial charge in [0.05, 0.1) is 11.8 Å². The van der Waals surface area contributed by atoms with Crippen molar-refractivity contribution in [2.45, 2.75) is 29.0 Å². The van der Waals surface area contributed by atoms with Gasteiger partial charge in [0.2, 0.25) is 17.7 Å². The second kappa shape index (κ2) is 8.30. The van der Waals surface area contributed by atoms with E-state index in [-0.39, 0.29) is 51.0 Å². The largest absolute Gasteiger partial charge is 0.457 e. The number of nitrogens with one attached hydrogen (secondary N) is 1. The average Bonchev–Trinajstić information content (AvgIpc) is 3.40. The number of para-hydroxylation sites is 1. The van der Waals surface area contributed by atoms with Crippen molar-refractivity contribution in [2.75, 3.05) is 5.32 Å². The molecule has 166 valence electrons. The Morgan fingerprint density at radius 2 is 1.47 bits per heavy atom. The van der Waals surface area contributed by atoms with Crippen molar-refractivity contribution in [1.29, 1.82) is 0 Å². The third kappa shape index (κ3) is 3.48. The first kappa shape index (κ1) is 21.6. The number of fused-ring (bicyclic) bond motifs is 5. The molecule has 1 aliphatic heterocycles. The topological polar surface area (TPSA) is 75.7 Å². The van der Waals surface area contributed by atoms with Crippen molar-refractivity contribution in [2.24, 2.45) is 23.7 Å². The zero-order valence-corrected chi connectivity index (χ0v) is 20.5. The molecule has 1 N–H and O–H groups in total. The lowest BCUT2D eigenvalue weighted by atomic mass is 9.81. The number of hydrogen-bond donors (Lipinski definition) is 1. The Hall–Kier alpha value is -2.19. The molecule has 5 rings (SSSR count). The molecule has 2 aromatic rings. The van der Waals surface area contributed by atoms with E-state index in [0.717, 1.165) is 12.2 Å². The number of carbonyl (C=O) groups excluding carboxylic acids is 3. The summed E-state index contributed by atoms with van der Waals surface area (Å²) in [6.07, 6.45) is 0.866. The molecule has 0 aromatic heterocycles. The van der Waals surface area contributed by atoms with Crippen LogP contribution in [0.1, 0.15) is 13.3 Å². The van der Waals surface area contributed by atoms with Gasteiger partial charge in [-0.1, -0.05) is 50.1 Å². The van der Waals surface area contributed by atoms with E-state index < -0.39 is 6.04 Å². The van der Waals surface area contributed by atoms with E-state index in [4.69, 9.17) is 4.74 Å². The van der Waals surface area contributed by atoms with E-state index in [0.29, 0.717) is 11.4 Å². The molecular weight excluding hydrogens is 540 g/mol. The molecule has 32 heavy (non-hydrogen) atoms. The maximum Gasteiger partial charge on any atom is 0.247 e. The summed E-state index contributed by atoms with van der Waals surface area (Å²) in [4.78, 5) is 40.7. The summed E-state index contributed by atoms with van der Waals surface area (Å²) in [7, 11) is 0. The molecule has 7 atom stereocenters. The molecule has 3 amide bonds. The van der Waals surface area contributed by atoms with Crippen LogP contribution < -0.4 is 10.1 Å². The first-order valence-corrected chi connectivity index (χ1v) is 12.5. The number of carbonyl (C=O) groups is 3. The SMILES string of the molecule is C[C@H](C(=O)Nc1ccc(Oc2ccccc2)cc1)N1C(=O)[C@@H]2[C@H]3C[C@@H]([C@H](Br)[C@H]3Br)[C@H]2C1=O. The van der Waals surface area contributed by atoms with Crippen LogP contribution in [0.4, 0.5) is 5.69 Å². The third-order valence-electron chi connectivity index (χ3n) is 6.89. The van der Waals surface area contributed by atoms with Crippen LogP contribution in [0.5, 0.6) is 11.5 Å². The molecular formula is C24H22Br2N2O4. The van der Waals surface area contributed by atoms with Crippen molar-refractivity contribution in [3.05, 3.63) is 54.6 Å². The zero-order chi connectivity index (χ0) is 22.6. The highest BCUT2D eigenvalue weighted by atomic mass is 79.9. The minimum Gasteiger partial charge on any atom is -0.457 e. The van der Waals surface area contributed by atoms with Crippen LogP contribution in [-0.4, -0.2) is 38.3 Å². The lowest BCUT2D eigenvalue weighted by Crippen LogP contribution is -2.46. The van der Waals surface area contributed by atoms with Crippen LogP contribution in [0, 0.1) is 23.7 Å². The summed E-state index contributed by atoms with van der Waals surface area (Å²) in [6, 6.07) is 15.5. The molecule has 6 nitrogen and oxygen atoms in total. The van der Waals surface area contributed by atoms with Gasteiger partial charge in [-0.2, -0.15) is 0 Å². The van der Waals surface area contributed by atoms with Gasteiger partial charge in [-0.15, -0.1) is 0 Å². The Bertz CT molecular complexity index is 1030. The average molecular weight is 562 g/mol. The van der Waals surface area contributed by atoms with Crippen molar-refractivity contribution in [3.8, 4) is 11.5 Å². The van der Waals surface area contributed by atoms with Crippen LogP contribution >= 0.6 is 31.9 Å². The summed E-state index contributed by atoms with van der Waals surface area (Å²) >= 11 is 7.37. The second-order valence-corrected chi connectivity index (χ2v) is 10.8. The second-order valence-electron chi connectivity index (χ2n) is 8.66. The number of anilines is 1. The summed E-state index contributed by atoms with van der Waals surface area (Å²) in [5.74, 6) is 0.152. The highest BCUT2D eigenvalue weighted by molar-refractivity contribution is 9.12. The van der Waals surface area contributed by atoms with Gasteiger partial charge in [0.15, 0.2) is 0 Å². The molecule has 2 saturated carbocycles. The molecule has 3 aliphatic rings. The standard InChI is InChI=1S/C24H22Br2N2O4/c1-12(28-23(30)18-16-11-17(19(18)24(28)31)21(26)20(16)25)22(29)27-13-7-9-15(10-8-13)32-14-5-3-2-4-6-14/h2-10,12,16-21H,11H2,1H3,(H,27,29)/t12-,16-,17-,18-,19-,20+,21+/m1/s1. The highest BCUT2D eigenvalue weighted by Gasteiger charge is 2.67. The van der Waals surface area contributed by atoms with Crippen LogP contribution in [0.15, 0.2) is 54.6 Å². The summed E-state index contributed by atoms with van der Waals surface area (Å²) in [5.41, 5.74) is 0.572. The maximum atomic E-state index is 13.1. The smallest absolute Gasteiger partial charge is 0.247 e. The van der Waals surface area contributed by atoms with E-state index in [1.807, 2.05) is 30.3 Å². The fourth-order valence-corrected chi connectivity index (χ4v) is 7.22. The van der Waals surface area contributed by atoms with E-state index in [1.54, 1.807) is 31.2 Å². The van der Waals surface area contributed by atoms with E-state index >= 15 is 0 Å². The number of alkyl halides is 2. The van der Waals surface area contributed by atoms with Gasteiger partial charge in [-0.05, 0) is 61.6 Å². The van der Waals surface area contributed by atoms with Gasteiger partial charge in [0.1, 0.15) is 17.5 Å². The Morgan fingerprint density at radius 1 is 0.938 bits per heavy atom. The van der Waals surface area contributed by atoms with Gasteiger partial charge in [-0.25, -0.2) is 0 Å². The maximum absolute atomic E-state index is 13.1. The fraction of sp³-hybridized carbons (Fsp3) is 0.375. The van der Waals surface area contributed by atoms with Gasteiger partial charge in [0, 0.05) is 15.3 Å². The van der Waals surface area contributed by atoms with Crippen molar-refractivity contribution < 1.29 is 19.1 Å². The number of ether oxygens (including phenoxy) is 1. The Balaban J connectivity index is 1.25. The van der Waals surface area contributed by atoms with Crippen LogP contribution in [0.25, 0.3) is 0 Å². The van der Waals surface area contributed by atoms with Crippen molar-refractivity contribution in [3.63, 3.8) is 0 Å². The van der Waals surface area contributed by atoms with E-state index in [1.165, 1.54) is 4.90 Å². The van der Waals surface area contributed by atoms with Gasteiger partial charge < -0.3 is 10.1 Å². The number of rotatable bonds is 5. The molecule has 1 saturated heterocycles. The monoisotopic (exact) mass is 560 g/mol. The van der Waals surface area contributed by atoms with Gasteiger partial charge >= 0.3 is 0 Å². The first-order chi connectivity index (χ1) is 15.4. The Kier molecular flexibility index (Phi) is 5.61. The van der Waals surface area contributed by atoms with Crippen molar-refractivity contribution in [1.82, 2.24) is 4.90 Å². The Labute approximate surface area is 202 Å². The molecule has 0 unspecified atom stereocenters. The number of likely N-dealkylation sites (tertiary alicyclic amines) is 1. The number of benzene rings is 2. The molecule has 0 radical (unpaired) electrons.